The van der Waals surface area contributed by atoms with Crippen LogP contribution < -0.4 is 0 Å². The van der Waals surface area contributed by atoms with Gasteiger partial charge in [-0.2, -0.15) is 4.33 Å². The lowest BCUT2D eigenvalue weighted by Gasteiger charge is -2.20. The molecule has 0 saturated heterocycles. The monoisotopic (exact) mass is 381 g/mol. The quantitative estimate of drug-likeness (QED) is 0.272. The van der Waals surface area contributed by atoms with Crippen molar-refractivity contribution in [1.82, 2.24) is 4.98 Å². The Labute approximate surface area is 164 Å². The summed E-state index contributed by atoms with van der Waals surface area (Å²) < 4.78 is 11.2. The molecular weight excluding hydrogens is 358 g/mol. The van der Waals surface area contributed by atoms with E-state index in [2.05, 4.69) is 17.0 Å². The van der Waals surface area contributed by atoms with Crippen LogP contribution >= 0.6 is 12.0 Å². The van der Waals surface area contributed by atoms with Crippen molar-refractivity contribution < 1.29 is 13.6 Å². The molecule has 0 bridgehead atoms. The van der Waals surface area contributed by atoms with Crippen molar-refractivity contribution in [3.8, 4) is 22.8 Å². The van der Waals surface area contributed by atoms with Crippen molar-refractivity contribution in [2.45, 2.75) is 42.9 Å². The predicted octanol–water partition coefficient (Wildman–Crippen LogP) is 6.64. The van der Waals surface area contributed by atoms with Gasteiger partial charge in [-0.15, -0.1) is 0 Å². The lowest BCUT2D eigenvalue weighted by molar-refractivity contribution is -0.160. The summed E-state index contributed by atoms with van der Waals surface area (Å²) in [6.45, 7) is 0. The molecule has 3 aromatic rings. The molecule has 4 rings (SSSR count). The van der Waals surface area contributed by atoms with Crippen LogP contribution in [-0.2, 0) is 9.22 Å². The van der Waals surface area contributed by atoms with Gasteiger partial charge in [-0.1, -0.05) is 37.5 Å². The van der Waals surface area contributed by atoms with Crippen molar-refractivity contribution in [2.24, 2.45) is 0 Å². The maximum absolute atomic E-state index is 6.29. The maximum atomic E-state index is 6.29. The van der Waals surface area contributed by atoms with Crippen molar-refractivity contribution in [1.29, 1.82) is 0 Å². The SMILES string of the molecule is COOSc1ccc(-c2oc(-c3ccccc3)nc2C2CCCCC2)cc1. The Morgan fingerprint density at radius 2 is 1.67 bits per heavy atom. The standard InChI is InChI=1S/C22H23NO3S/c1-24-26-27-19-14-12-17(13-15-19)21-20(16-8-4-2-5-9-16)23-22(25-21)18-10-6-3-7-11-18/h3,6-7,10-16H,2,4-5,8-9H2,1H3. The van der Waals surface area contributed by atoms with E-state index in [1.807, 2.05) is 42.5 Å². The van der Waals surface area contributed by atoms with Gasteiger partial charge in [0, 0.05) is 21.9 Å². The third-order valence-corrected chi connectivity index (χ3v) is 5.65. The van der Waals surface area contributed by atoms with Gasteiger partial charge in [0.2, 0.25) is 5.89 Å². The third-order valence-electron chi connectivity index (χ3n) is 4.98. The molecule has 1 aliphatic rings. The summed E-state index contributed by atoms with van der Waals surface area (Å²) in [6.07, 6.45) is 6.22. The molecule has 1 aromatic heterocycles. The molecule has 1 saturated carbocycles. The van der Waals surface area contributed by atoms with Crippen LogP contribution in [0, 0.1) is 0 Å². The first-order chi connectivity index (χ1) is 13.3. The van der Waals surface area contributed by atoms with E-state index in [-0.39, 0.29) is 0 Å². The van der Waals surface area contributed by atoms with Gasteiger partial charge in [-0.3, -0.25) is 0 Å². The first-order valence-corrected chi connectivity index (χ1v) is 10.1. The summed E-state index contributed by atoms with van der Waals surface area (Å²) in [4.78, 5) is 10.6. The van der Waals surface area contributed by atoms with Crippen molar-refractivity contribution in [3.05, 3.63) is 60.3 Å². The Morgan fingerprint density at radius 1 is 0.926 bits per heavy atom. The van der Waals surface area contributed by atoms with Gasteiger partial charge in [-0.25, -0.2) is 9.87 Å². The Bertz CT molecular complexity index is 855. The summed E-state index contributed by atoms with van der Waals surface area (Å²) >= 11 is 1.19. The van der Waals surface area contributed by atoms with Gasteiger partial charge in [0.15, 0.2) is 5.76 Å². The van der Waals surface area contributed by atoms with Gasteiger partial charge in [0.05, 0.1) is 24.8 Å². The van der Waals surface area contributed by atoms with Gasteiger partial charge in [0.1, 0.15) is 0 Å². The number of nitrogens with zero attached hydrogens (tertiary/aromatic N) is 1. The molecule has 0 amide bonds. The Kier molecular flexibility index (Phi) is 5.92. The van der Waals surface area contributed by atoms with Crippen LogP contribution in [0.25, 0.3) is 22.8 Å². The highest BCUT2D eigenvalue weighted by Crippen LogP contribution is 2.40. The molecule has 2 aromatic carbocycles. The van der Waals surface area contributed by atoms with Crippen molar-refractivity contribution in [3.63, 3.8) is 0 Å². The van der Waals surface area contributed by atoms with Gasteiger partial charge in [0.25, 0.3) is 0 Å². The summed E-state index contributed by atoms with van der Waals surface area (Å²) in [5, 5.41) is 0. The van der Waals surface area contributed by atoms with E-state index in [1.54, 1.807) is 0 Å². The summed E-state index contributed by atoms with van der Waals surface area (Å²) in [6, 6.07) is 18.3. The second-order valence-electron chi connectivity index (χ2n) is 6.78. The zero-order valence-corrected chi connectivity index (χ0v) is 16.2. The number of benzene rings is 2. The average molecular weight is 381 g/mol. The molecular formula is C22H23NO3S. The van der Waals surface area contributed by atoms with E-state index in [0.717, 1.165) is 27.5 Å². The summed E-state index contributed by atoms with van der Waals surface area (Å²) in [7, 11) is 1.50. The van der Waals surface area contributed by atoms with E-state index in [1.165, 1.54) is 51.3 Å². The summed E-state index contributed by atoms with van der Waals surface area (Å²) in [5.41, 5.74) is 3.16. The fourth-order valence-electron chi connectivity index (χ4n) is 3.63. The van der Waals surface area contributed by atoms with Crippen LogP contribution in [0.4, 0.5) is 0 Å². The molecule has 5 heteroatoms. The molecule has 140 valence electrons. The Balaban J connectivity index is 1.70. The van der Waals surface area contributed by atoms with Crippen LogP contribution in [0.2, 0.25) is 0 Å². The smallest absolute Gasteiger partial charge is 0.227 e. The van der Waals surface area contributed by atoms with Gasteiger partial charge in [-0.05, 0) is 49.2 Å². The topological polar surface area (TPSA) is 44.5 Å². The molecule has 1 aliphatic carbocycles. The first-order valence-electron chi connectivity index (χ1n) is 9.39. The average Bonchev–Trinajstić information content (AvgIpc) is 3.19. The lowest BCUT2D eigenvalue weighted by Crippen LogP contribution is -2.06. The molecule has 0 spiro atoms. The van der Waals surface area contributed by atoms with Gasteiger partial charge >= 0.3 is 0 Å². The van der Waals surface area contributed by atoms with Crippen LogP contribution in [0.1, 0.15) is 43.7 Å². The van der Waals surface area contributed by atoms with Gasteiger partial charge < -0.3 is 4.42 Å². The second kappa shape index (κ2) is 8.74. The molecule has 0 aliphatic heterocycles. The van der Waals surface area contributed by atoms with Crippen LogP contribution in [0.5, 0.6) is 0 Å². The predicted molar refractivity (Wildman–Crippen MR) is 107 cm³/mol. The maximum Gasteiger partial charge on any atom is 0.227 e. The van der Waals surface area contributed by atoms with E-state index < -0.39 is 0 Å². The fourth-order valence-corrected chi connectivity index (χ4v) is 4.02. The molecule has 27 heavy (non-hydrogen) atoms. The third kappa shape index (κ3) is 4.26. The van der Waals surface area contributed by atoms with E-state index in [4.69, 9.17) is 13.7 Å². The highest BCUT2D eigenvalue weighted by molar-refractivity contribution is 7.94. The van der Waals surface area contributed by atoms with E-state index >= 15 is 0 Å². The van der Waals surface area contributed by atoms with Crippen molar-refractivity contribution >= 4 is 12.0 Å². The van der Waals surface area contributed by atoms with E-state index in [0.29, 0.717) is 11.8 Å². The second-order valence-corrected chi connectivity index (χ2v) is 7.55. The number of hydrogen-bond acceptors (Lipinski definition) is 5. The molecule has 0 atom stereocenters. The molecule has 0 unspecified atom stereocenters. The minimum atomic E-state index is 0.473. The molecule has 0 N–H and O–H groups in total. The van der Waals surface area contributed by atoms with Crippen LogP contribution in [-0.4, -0.2) is 12.1 Å². The van der Waals surface area contributed by atoms with Crippen LogP contribution in [0.15, 0.2) is 63.9 Å². The van der Waals surface area contributed by atoms with E-state index in [9.17, 15) is 0 Å². The molecule has 0 radical (unpaired) electrons. The highest BCUT2D eigenvalue weighted by Gasteiger charge is 2.25. The minimum absolute atomic E-state index is 0.473. The minimum Gasteiger partial charge on any atom is -0.436 e. The fraction of sp³-hybridized carbons (Fsp3) is 0.318. The molecule has 4 nitrogen and oxygen atoms in total. The summed E-state index contributed by atoms with van der Waals surface area (Å²) in [5.74, 6) is 2.07. The van der Waals surface area contributed by atoms with Crippen molar-refractivity contribution in [2.75, 3.05) is 7.11 Å². The first kappa shape index (κ1) is 18.3. The number of aromatic nitrogens is 1. The number of hydrogen-bond donors (Lipinski definition) is 0. The Morgan fingerprint density at radius 3 is 2.37 bits per heavy atom. The number of oxazole rings is 1. The number of rotatable bonds is 6. The highest BCUT2D eigenvalue weighted by atomic mass is 32.2. The zero-order valence-electron chi connectivity index (χ0n) is 15.4. The van der Waals surface area contributed by atoms with Crippen LogP contribution in [0.3, 0.4) is 0 Å². The zero-order chi connectivity index (χ0) is 18.5. The molecule has 1 fully saturated rings. The Hall–Kier alpha value is -2.08. The largest absolute Gasteiger partial charge is 0.436 e. The normalized spacial score (nSPS) is 15.1. The molecule has 1 heterocycles. The lowest BCUT2D eigenvalue weighted by atomic mass is 9.85.